The summed E-state index contributed by atoms with van der Waals surface area (Å²) >= 11 is 0. The molecule has 1 N–H and O–H groups in total. The van der Waals surface area contributed by atoms with E-state index >= 15 is 0 Å². The number of nitrogens with zero attached hydrogens (tertiary/aromatic N) is 1. The number of urea groups is 1. The molecule has 5 nitrogen and oxygen atoms in total. The Morgan fingerprint density at radius 3 is 1.96 bits per heavy atom. The van der Waals surface area contributed by atoms with Gasteiger partial charge in [0.1, 0.15) is 0 Å². The minimum absolute atomic E-state index is 0.0893. The molecule has 2 aromatic rings. The molecule has 0 unspecified atom stereocenters. The number of fused-ring (bicyclic) bond motifs is 1. The van der Waals surface area contributed by atoms with E-state index in [1.165, 1.54) is 23.3 Å². The molecule has 1 aliphatic heterocycles. The van der Waals surface area contributed by atoms with Gasteiger partial charge >= 0.3 is 6.03 Å². The number of carbonyl (C=O) groups excluding carboxylic acids is 1. The van der Waals surface area contributed by atoms with Crippen LogP contribution in [0.25, 0.3) is 0 Å². The maximum atomic E-state index is 12.3. The lowest BCUT2D eigenvalue weighted by Crippen LogP contribution is -2.43. The molecule has 0 spiro atoms. The Morgan fingerprint density at radius 2 is 1.39 bits per heavy atom. The first-order valence-corrected chi connectivity index (χ1v) is 8.98. The SMILES string of the molecule is O=C(NS(=O)(=O)c1ccccc1)N1CCc2ccccc2CC1. The van der Waals surface area contributed by atoms with Gasteiger partial charge in [0, 0.05) is 13.1 Å². The molecule has 6 heteroatoms. The van der Waals surface area contributed by atoms with E-state index in [2.05, 4.69) is 16.9 Å². The van der Waals surface area contributed by atoms with Gasteiger partial charge in [-0.1, -0.05) is 42.5 Å². The second kappa shape index (κ2) is 6.42. The fourth-order valence-corrected chi connectivity index (χ4v) is 3.70. The lowest BCUT2D eigenvalue weighted by molar-refractivity contribution is 0.206. The van der Waals surface area contributed by atoms with Crippen LogP contribution in [0.1, 0.15) is 11.1 Å². The Kier molecular flexibility index (Phi) is 4.34. The van der Waals surface area contributed by atoms with Crippen molar-refractivity contribution in [2.75, 3.05) is 13.1 Å². The average molecular weight is 330 g/mol. The summed E-state index contributed by atoms with van der Waals surface area (Å²) in [4.78, 5) is 14.0. The second-order valence-electron chi connectivity index (χ2n) is 5.48. The van der Waals surface area contributed by atoms with Crippen LogP contribution in [-0.4, -0.2) is 32.4 Å². The summed E-state index contributed by atoms with van der Waals surface area (Å²) in [5.74, 6) is 0. The molecular weight excluding hydrogens is 312 g/mol. The quantitative estimate of drug-likeness (QED) is 0.918. The van der Waals surface area contributed by atoms with Crippen molar-refractivity contribution < 1.29 is 13.2 Å². The summed E-state index contributed by atoms with van der Waals surface area (Å²) < 4.78 is 26.6. The van der Waals surface area contributed by atoms with Crippen molar-refractivity contribution in [3.63, 3.8) is 0 Å². The van der Waals surface area contributed by atoms with Gasteiger partial charge in [0.05, 0.1) is 4.90 Å². The Labute approximate surface area is 136 Å². The van der Waals surface area contributed by atoms with E-state index < -0.39 is 16.1 Å². The van der Waals surface area contributed by atoms with Crippen molar-refractivity contribution >= 4 is 16.1 Å². The lowest BCUT2D eigenvalue weighted by Gasteiger charge is -2.20. The van der Waals surface area contributed by atoms with Crippen LogP contribution in [0, 0.1) is 0 Å². The van der Waals surface area contributed by atoms with E-state index in [1.807, 2.05) is 12.1 Å². The topological polar surface area (TPSA) is 66.5 Å². The number of nitrogens with one attached hydrogen (secondary N) is 1. The third-order valence-corrected chi connectivity index (χ3v) is 5.32. The largest absolute Gasteiger partial charge is 0.331 e. The standard InChI is InChI=1S/C17H18N2O3S/c20-17(18-23(21,22)16-8-2-1-3-9-16)19-12-10-14-6-4-5-7-15(14)11-13-19/h1-9H,10-13H2,(H,18,20). The van der Waals surface area contributed by atoms with Gasteiger partial charge in [-0.25, -0.2) is 17.9 Å². The van der Waals surface area contributed by atoms with Gasteiger partial charge in [0.2, 0.25) is 0 Å². The summed E-state index contributed by atoms with van der Waals surface area (Å²) in [6, 6.07) is 15.4. The highest BCUT2D eigenvalue weighted by Gasteiger charge is 2.23. The van der Waals surface area contributed by atoms with E-state index in [0.717, 1.165) is 12.8 Å². The zero-order chi connectivity index (χ0) is 16.3. The highest BCUT2D eigenvalue weighted by molar-refractivity contribution is 7.90. The van der Waals surface area contributed by atoms with E-state index in [1.54, 1.807) is 23.1 Å². The molecule has 1 aliphatic rings. The highest BCUT2D eigenvalue weighted by atomic mass is 32.2. The maximum absolute atomic E-state index is 12.3. The molecular formula is C17H18N2O3S. The molecule has 0 bridgehead atoms. The second-order valence-corrected chi connectivity index (χ2v) is 7.16. The molecule has 1 heterocycles. The molecule has 3 rings (SSSR count). The zero-order valence-corrected chi connectivity index (χ0v) is 13.4. The Hall–Kier alpha value is -2.34. The van der Waals surface area contributed by atoms with Gasteiger partial charge in [0.15, 0.2) is 0 Å². The summed E-state index contributed by atoms with van der Waals surface area (Å²) in [7, 11) is -3.83. The van der Waals surface area contributed by atoms with E-state index in [0.29, 0.717) is 13.1 Å². The molecule has 0 radical (unpaired) electrons. The number of hydrogen-bond acceptors (Lipinski definition) is 3. The average Bonchev–Trinajstić information content (AvgIpc) is 2.78. The van der Waals surface area contributed by atoms with Crippen molar-refractivity contribution in [2.24, 2.45) is 0 Å². The smallest absolute Gasteiger partial charge is 0.323 e. The lowest BCUT2D eigenvalue weighted by atomic mass is 10.0. The fourth-order valence-electron chi connectivity index (χ4n) is 2.71. The molecule has 0 atom stereocenters. The number of sulfonamides is 1. The van der Waals surface area contributed by atoms with Gasteiger partial charge in [0.25, 0.3) is 10.0 Å². The van der Waals surface area contributed by atoms with Crippen LogP contribution < -0.4 is 4.72 Å². The number of benzene rings is 2. The molecule has 0 aliphatic carbocycles. The Bertz CT molecular complexity index is 777. The molecule has 0 fully saturated rings. The first kappa shape index (κ1) is 15.6. The van der Waals surface area contributed by atoms with Crippen molar-refractivity contribution in [3.8, 4) is 0 Å². The zero-order valence-electron chi connectivity index (χ0n) is 12.6. The monoisotopic (exact) mass is 330 g/mol. The van der Waals surface area contributed by atoms with Gasteiger partial charge in [-0.3, -0.25) is 0 Å². The van der Waals surface area contributed by atoms with Crippen molar-refractivity contribution in [2.45, 2.75) is 17.7 Å². The Morgan fingerprint density at radius 1 is 0.870 bits per heavy atom. The maximum Gasteiger partial charge on any atom is 0.331 e. The summed E-state index contributed by atoms with van der Waals surface area (Å²) in [6.45, 7) is 1.01. The Balaban J connectivity index is 1.70. The van der Waals surface area contributed by atoms with Crippen LogP contribution in [0.3, 0.4) is 0 Å². The van der Waals surface area contributed by atoms with Crippen LogP contribution in [-0.2, 0) is 22.9 Å². The normalized spacial score (nSPS) is 14.7. The predicted molar refractivity (Wildman–Crippen MR) is 87.6 cm³/mol. The van der Waals surface area contributed by atoms with Gasteiger partial charge in [-0.15, -0.1) is 0 Å². The third-order valence-electron chi connectivity index (χ3n) is 3.98. The van der Waals surface area contributed by atoms with E-state index in [9.17, 15) is 13.2 Å². The summed E-state index contributed by atoms with van der Waals surface area (Å²) in [5, 5.41) is 0. The number of hydrogen-bond donors (Lipinski definition) is 1. The molecule has 0 aromatic heterocycles. The van der Waals surface area contributed by atoms with Gasteiger partial charge in [-0.2, -0.15) is 0 Å². The summed E-state index contributed by atoms with van der Waals surface area (Å²) in [6.07, 6.45) is 1.46. The predicted octanol–water partition coefficient (Wildman–Crippen LogP) is 2.19. The van der Waals surface area contributed by atoms with Crippen molar-refractivity contribution in [3.05, 3.63) is 65.7 Å². The van der Waals surface area contributed by atoms with Crippen LogP contribution >= 0.6 is 0 Å². The van der Waals surface area contributed by atoms with Crippen LogP contribution in [0.2, 0.25) is 0 Å². The van der Waals surface area contributed by atoms with Gasteiger partial charge in [-0.05, 0) is 36.1 Å². The third kappa shape index (κ3) is 3.53. The van der Waals surface area contributed by atoms with Crippen LogP contribution in [0.4, 0.5) is 4.79 Å². The minimum Gasteiger partial charge on any atom is -0.323 e. The minimum atomic E-state index is -3.83. The van der Waals surface area contributed by atoms with Gasteiger partial charge < -0.3 is 4.90 Å². The van der Waals surface area contributed by atoms with E-state index in [-0.39, 0.29) is 4.90 Å². The molecule has 2 amide bonds. The van der Waals surface area contributed by atoms with Crippen molar-refractivity contribution in [1.29, 1.82) is 0 Å². The molecule has 0 saturated heterocycles. The van der Waals surface area contributed by atoms with Crippen LogP contribution in [0.5, 0.6) is 0 Å². The highest BCUT2D eigenvalue weighted by Crippen LogP contribution is 2.16. The number of amides is 2. The number of rotatable bonds is 2. The van der Waals surface area contributed by atoms with Crippen molar-refractivity contribution in [1.82, 2.24) is 9.62 Å². The first-order valence-electron chi connectivity index (χ1n) is 7.50. The molecule has 23 heavy (non-hydrogen) atoms. The molecule has 2 aromatic carbocycles. The van der Waals surface area contributed by atoms with E-state index in [4.69, 9.17) is 0 Å². The first-order chi connectivity index (χ1) is 11.1. The molecule has 120 valence electrons. The van der Waals surface area contributed by atoms with Crippen LogP contribution in [0.15, 0.2) is 59.5 Å². The number of carbonyl (C=O) groups is 1. The summed E-state index contributed by atoms with van der Waals surface area (Å²) in [5.41, 5.74) is 2.43. The fraction of sp³-hybridized carbons (Fsp3) is 0.235. The molecule has 0 saturated carbocycles.